The zero-order valence-electron chi connectivity index (χ0n) is 23.2. The van der Waals surface area contributed by atoms with Gasteiger partial charge in [-0.1, -0.05) is 19.3 Å². The molecule has 1 aromatic carbocycles. The summed E-state index contributed by atoms with van der Waals surface area (Å²) < 4.78 is 11.5. The fraction of sp³-hybridized carbons (Fsp3) is 0.633. The lowest BCUT2D eigenvalue weighted by atomic mass is 9.71. The molecule has 2 heterocycles. The second kappa shape index (κ2) is 11.9. The van der Waals surface area contributed by atoms with E-state index < -0.39 is 11.7 Å². The van der Waals surface area contributed by atoms with E-state index in [2.05, 4.69) is 5.32 Å². The third-order valence-corrected chi connectivity index (χ3v) is 8.48. The van der Waals surface area contributed by atoms with E-state index in [0.717, 1.165) is 56.1 Å². The number of ether oxygens (including phenoxy) is 1. The smallest absolute Gasteiger partial charge is 0.339 e. The van der Waals surface area contributed by atoms with Crippen LogP contribution in [0, 0.1) is 26.7 Å². The molecule has 0 bridgehead atoms. The summed E-state index contributed by atoms with van der Waals surface area (Å²) in [7, 11) is 0. The summed E-state index contributed by atoms with van der Waals surface area (Å²) in [6.07, 6.45) is 7.01. The lowest BCUT2D eigenvalue weighted by Crippen LogP contribution is -2.54. The number of piperidine rings is 1. The quantitative estimate of drug-likeness (QED) is 0.372. The van der Waals surface area contributed by atoms with Crippen molar-refractivity contribution >= 4 is 22.8 Å². The van der Waals surface area contributed by atoms with Crippen LogP contribution in [-0.2, 0) is 9.59 Å². The van der Waals surface area contributed by atoms with Gasteiger partial charge < -0.3 is 24.5 Å². The van der Waals surface area contributed by atoms with Crippen LogP contribution < -0.4 is 15.7 Å². The van der Waals surface area contributed by atoms with Crippen molar-refractivity contribution in [2.24, 2.45) is 5.92 Å². The van der Waals surface area contributed by atoms with E-state index in [-0.39, 0.29) is 23.4 Å². The first-order chi connectivity index (χ1) is 18.1. The highest BCUT2D eigenvalue weighted by atomic mass is 16.5. The Kier molecular flexibility index (Phi) is 8.81. The van der Waals surface area contributed by atoms with Crippen LogP contribution in [0.5, 0.6) is 5.75 Å². The second-order valence-corrected chi connectivity index (χ2v) is 11.3. The average molecular weight is 527 g/mol. The topological polar surface area (TPSA) is 109 Å². The van der Waals surface area contributed by atoms with Gasteiger partial charge in [0.15, 0.2) is 6.10 Å². The number of hydrogen-bond donors (Lipinski definition) is 2. The van der Waals surface area contributed by atoms with Gasteiger partial charge in [0.2, 0.25) is 5.91 Å². The minimum atomic E-state index is -0.717. The Bertz CT molecular complexity index is 1240. The average Bonchev–Trinajstić information content (AvgIpc) is 2.88. The van der Waals surface area contributed by atoms with Crippen molar-refractivity contribution in [2.45, 2.75) is 97.2 Å². The molecule has 2 N–H and O–H groups in total. The van der Waals surface area contributed by atoms with Gasteiger partial charge in [0.1, 0.15) is 11.3 Å². The number of carbonyl (C=O) groups excluding carboxylic acids is 2. The Labute approximate surface area is 224 Å². The highest BCUT2D eigenvalue weighted by Gasteiger charge is 2.43. The van der Waals surface area contributed by atoms with Crippen LogP contribution in [0.15, 0.2) is 21.3 Å². The summed E-state index contributed by atoms with van der Waals surface area (Å²) in [5.41, 5.74) is 1.71. The molecule has 0 spiro atoms. The van der Waals surface area contributed by atoms with E-state index in [9.17, 15) is 19.5 Å². The Morgan fingerprint density at radius 3 is 2.74 bits per heavy atom. The molecule has 8 nitrogen and oxygen atoms in total. The number of hydrogen-bond acceptors (Lipinski definition) is 6. The number of carbonyl (C=O) groups is 2. The van der Waals surface area contributed by atoms with Crippen LogP contribution in [0.4, 0.5) is 0 Å². The molecule has 0 radical (unpaired) electrons. The molecule has 2 aliphatic rings. The van der Waals surface area contributed by atoms with E-state index in [4.69, 9.17) is 9.15 Å². The van der Waals surface area contributed by atoms with Gasteiger partial charge in [-0.15, -0.1) is 0 Å². The number of nitrogens with one attached hydrogen (secondary N) is 1. The minimum absolute atomic E-state index is 0.176. The number of likely N-dealkylation sites (tertiary alicyclic amines) is 1. The van der Waals surface area contributed by atoms with E-state index in [0.29, 0.717) is 54.8 Å². The summed E-state index contributed by atoms with van der Waals surface area (Å²) in [6.45, 7) is 9.02. The number of amides is 2. The molecule has 38 heavy (non-hydrogen) atoms. The molecule has 1 aliphatic carbocycles. The van der Waals surface area contributed by atoms with Gasteiger partial charge in [-0.25, -0.2) is 4.79 Å². The van der Waals surface area contributed by atoms with E-state index in [1.54, 1.807) is 19.9 Å². The number of unbranched alkanes of at least 4 members (excludes halogenated alkanes) is 2. The molecule has 1 saturated carbocycles. The Hall–Kier alpha value is -2.87. The van der Waals surface area contributed by atoms with Crippen molar-refractivity contribution in [1.82, 2.24) is 10.2 Å². The minimum Gasteiger partial charge on any atom is -0.480 e. The first-order valence-corrected chi connectivity index (χ1v) is 14.1. The Morgan fingerprint density at radius 1 is 1.16 bits per heavy atom. The number of benzene rings is 1. The third kappa shape index (κ3) is 6.22. The van der Waals surface area contributed by atoms with Crippen molar-refractivity contribution in [3.8, 4) is 5.75 Å². The first kappa shape index (κ1) is 28.1. The van der Waals surface area contributed by atoms with E-state index in [1.807, 2.05) is 24.8 Å². The van der Waals surface area contributed by atoms with Gasteiger partial charge in [-0.2, -0.15) is 0 Å². The molecular weight excluding hydrogens is 484 g/mol. The van der Waals surface area contributed by atoms with Gasteiger partial charge in [-0.3, -0.25) is 9.59 Å². The van der Waals surface area contributed by atoms with Crippen LogP contribution in [0.25, 0.3) is 11.0 Å². The number of nitrogens with zero attached hydrogens (tertiary/aromatic N) is 1. The molecule has 1 aromatic heterocycles. The lowest BCUT2D eigenvalue weighted by molar-refractivity contribution is -0.143. The SMILES string of the molecule is Cc1cc(OC(C)C(=O)NCCCCCC(=O)N2CC[C@]3(O)CCCCC3C2)c2c(C)c(C)c(=O)oc2c1. The summed E-state index contributed by atoms with van der Waals surface area (Å²) in [4.78, 5) is 39.4. The summed E-state index contributed by atoms with van der Waals surface area (Å²) in [5, 5.41) is 14.5. The monoisotopic (exact) mass is 526 g/mol. The van der Waals surface area contributed by atoms with Gasteiger partial charge >= 0.3 is 5.63 Å². The molecule has 1 aliphatic heterocycles. The maximum Gasteiger partial charge on any atom is 0.339 e. The number of fused-ring (bicyclic) bond motifs is 2. The standard InChI is InChI=1S/C30H42N2O6/c1-19-16-24(27-20(2)21(3)29(35)38-25(27)17-19)37-22(4)28(34)31-14-9-5-6-11-26(33)32-15-13-30(36)12-8-7-10-23(30)18-32/h16-17,22-23,36H,5-15,18H2,1-4H3,(H,31,34)/t22?,23?,30-/m1/s1. The second-order valence-electron chi connectivity index (χ2n) is 11.3. The molecule has 3 atom stereocenters. The summed E-state index contributed by atoms with van der Waals surface area (Å²) in [6, 6.07) is 3.65. The van der Waals surface area contributed by atoms with Gasteiger partial charge in [0.05, 0.1) is 11.0 Å². The predicted molar refractivity (Wildman–Crippen MR) is 146 cm³/mol. The van der Waals surface area contributed by atoms with Crippen LogP contribution in [0.2, 0.25) is 0 Å². The molecule has 2 fully saturated rings. The maximum absolute atomic E-state index is 12.7. The zero-order valence-corrected chi connectivity index (χ0v) is 23.2. The summed E-state index contributed by atoms with van der Waals surface area (Å²) >= 11 is 0. The van der Waals surface area contributed by atoms with Crippen LogP contribution in [-0.4, -0.2) is 53.2 Å². The molecule has 8 heteroatoms. The van der Waals surface area contributed by atoms with E-state index in [1.165, 1.54) is 0 Å². The highest BCUT2D eigenvalue weighted by molar-refractivity contribution is 5.89. The first-order valence-electron chi connectivity index (χ1n) is 14.1. The molecule has 4 rings (SSSR count). The molecule has 2 amide bonds. The third-order valence-electron chi connectivity index (χ3n) is 8.48. The molecule has 2 unspecified atom stereocenters. The maximum atomic E-state index is 12.7. The highest BCUT2D eigenvalue weighted by Crippen LogP contribution is 2.40. The van der Waals surface area contributed by atoms with Gasteiger partial charge in [0, 0.05) is 37.5 Å². The van der Waals surface area contributed by atoms with Crippen molar-refractivity contribution < 1.29 is 23.8 Å². The van der Waals surface area contributed by atoms with Gasteiger partial charge in [-0.05, 0) is 83.1 Å². The van der Waals surface area contributed by atoms with Crippen LogP contribution >= 0.6 is 0 Å². The summed E-state index contributed by atoms with van der Waals surface area (Å²) in [5.74, 6) is 0.707. The fourth-order valence-corrected chi connectivity index (χ4v) is 5.91. The molecule has 2 aromatic rings. The number of aliphatic hydroxyl groups is 1. The normalized spacial score (nSPS) is 22.1. The largest absolute Gasteiger partial charge is 0.480 e. The number of aryl methyl sites for hydroxylation is 2. The van der Waals surface area contributed by atoms with Crippen LogP contribution in [0.3, 0.4) is 0 Å². The van der Waals surface area contributed by atoms with Crippen molar-refractivity contribution in [3.63, 3.8) is 0 Å². The van der Waals surface area contributed by atoms with Crippen molar-refractivity contribution in [1.29, 1.82) is 0 Å². The molecular formula is C30H42N2O6. The van der Waals surface area contributed by atoms with E-state index >= 15 is 0 Å². The molecule has 1 saturated heterocycles. The predicted octanol–water partition coefficient (Wildman–Crippen LogP) is 4.32. The lowest BCUT2D eigenvalue weighted by Gasteiger charge is -2.47. The Morgan fingerprint density at radius 2 is 1.95 bits per heavy atom. The van der Waals surface area contributed by atoms with Crippen molar-refractivity contribution in [3.05, 3.63) is 39.2 Å². The Balaban J connectivity index is 1.19. The van der Waals surface area contributed by atoms with Crippen molar-refractivity contribution in [2.75, 3.05) is 19.6 Å². The van der Waals surface area contributed by atoms with Gasteiger partial charge in [0.25, 0.3) is 5.91 Å². The number of rotatable bonds is 9. The molecule has 208 valence electrons. The zero-order chi connectivity index (χ0) is 27.4. The van der Waals surface area contributed by atoms with Crippen LogP contribution in [0.1, 0.15) is 81.4 Å². The fourth-order valence-electron chi connectivity index (χ4n) is 5.91.